The topological polar surface area (TPSA) is 120 Å². The summed E-state index contributed by atoms with van der Waals surface area (Å²) in [5.74, 6) is -3.39. The second-order valence-corrected chi connectivity index (χ2v) is 18.7. The van der Waals surface area contributed by atoms with Gasteiger partial charge in [-0.05, 0) is 93.7 Å². The minimum atomic E-state index is -1.13. The summed E-state index contributed by atoms with van der Waals surface area (Å²) in [4.78, 5) is 30.3. The van der Waals surface area contributed by atoms with E-state index in [2.05, 4.69) is 19.3 Å². The van der Waals surface area contributed by atoms with E-state index in [1.807, 2.05) is 0 Å². The van der Waals surface area contributed by atoms with Gasteiger partial charge in [-0.3, -0.25) is 0 Å². The zero-order valence-corrected chi connectivity index (χ0v) is 45.0. The maximum atomic E-state index is 10.1. The Morgan fingerprint density at radius 2 is 0.551 bits per heavy atom. The number of hydrogen-bond acceptors (Lipinski definition) is 6. The summed E-state index contributed by atoms with van der Waals surface area (Å²) in [6.45, 7) is 0. The number of carboxylic acids is 3. The fourth-order valence-electron chi connectivity index (χ4n) is 11.1. The standard InChI is InChI=1S/3C13H17.3C7H6O2.3Ti/c3*1-3-7-12-10(5-1)9-11-6-2-4-8-13(11)12;3*8-7(9)6-4-2-1-3-5-6;;;/h3*5H,1-4,6-9H2;3*1-5H,(H,8,9);;;/q3*-1;;;;3*+2/p-3. The van der Waals surface area contributed by atoms with E-state index in [0.29, 0.717) is 0 Å². The van der Waals surface area contributed by atoms with Crippen LogP contribution >= 0.6 is 0 Å². The van der Waals surface area contributed by atoms with Crippen molar-refractivity contribution >= 4 is 17.9 Å². The Morgan fingerprint density at radius 3 is 0.783 bits per heavy atom. The third-order valence-corrected chi connectivity index (χ3v) is 14.3. The molecule has 0 spiro atoms. The summed E-state index contributed by atoms with van der Waals surface area (Å²) in [5, 5.41) is 30.3. The molecule has 3 aromatic rings. The molecule has 0 aromatic heterocycles. The smallest absolute Gasteiger partial charge is 0.545 e. The Balaban J connectivity index is 0.000000181. The van der Waals surface area contributed by atoms with Gasteiger partial charge in [-0.25, -0.2) is 36.0 Å². The van der Waals surface area contributed by atoms with Crippen LogP contribution in [0.2, 0.25) is 0 Å². The van der Waals surface area contributed by atoms with Crippen LogP contribution in [0.25, 0.3) is 0 Å². The molecule has 12 rings (SSSR count). The number of allylic oxidation sites excluding steroid dienone is 12. The summed E-state index contributed by atoms with van der Waals surface area (Å²) in [7, 11) is 0. The van der Waals surface area contributed by atoms with Gasteiger partial charge in [-0.15, -0.1) is 36.0 Å². The quantitative estimate of drug-likeness (QED) is 0.190. The molecule has 9 heteroatoms. The molecule has 354 valence electrons. The monoisotopic (exact) mass is 1030 g/mol. The normalized spacial score (nSPS) is 18.8. The van der Waals surface area contributed by atoms with Gasteiger partial charge in [0, 0.05) is 0 Å². The molecule has 0 radical (unpaired) electrons. The molecule has 69 heavy (non-hydrogen) atoms. The van der Waals surface area contributed by atoms with Gasteiger partial charge < -0.3 is 29.7 Å². The van der Waals surface area contributed by atoms with Gasteiger partial charge in [0.05, 0.1) is 17.9 Å². The minimum absolute atomic E-state index is 0. The number of rotatable bonds is 3. The van der Waals surface area contributed by atoms with Gasteiger partial charge in [-0.2, -0.15) is 16.7 Å². The maximum Gasteiger partial charge on any atom is 2.00 e. The molecule has 0 amide bonds. The summed E-state index contributed by atoms with van der Waals surface area (Å²) in [6.07, 6.45) is 40.8. The fourth-order valence-corrected chi connectivity index (χ4v) is 11.1. The third-order valence-electron chi connectivity index (χ3n) is 14.3. The van der Waals surface area contributed by atoms with E-state index in [4.69, 9.17) is 0 Å². The minimum Gasteiger partial charge on any atom is -0.545 e. The van der Waals surface area contributed by atoms with Crippen LogP contribution in [0.3, 0.4) is 0 Å². The first-order valence-corrected chi connectivity index (χ1v) is 24.9. The van der Waals surface area contributed by atoms with Crippen LogP contribution in [0.15, 0.2) is 158 Å². The summed E-state index contributed by atoms with van der Waals surface area (Å²) in [5.41, 5.74) is 21.8. The van der Waals surface area contributed by atoms with Crippen molar-refractivity contribution in [2.75, 3.05) is 0 Å². The molecule has 0 N–H and O–H groups in total. The van der Waals surface area contributed by atoms with E-state index >= 15 is 0 Å². The third kappa shape index (κ3) is 16.7. The zero-order chi connectivity index (χ0) is 46.1. The van der Waals surface area contributed by atoms with E-state index in [1.165, 1.54) is 190 Å². The summed E-state index contributed by atoms with van der Waals surface area (Å²) < 4.78 is 0. The van der Waals surface area contributed by atoms with E-state index in [-0.39, 0.29) is 81.8 Å². The molecule has 9 aliphatic rings. The first-order valence-electron chi connectivity index (χ1n) is 24.9. The van der Waals surface area contributed by atoms with Gasteiger partial charge in [0.2, 0.25) is 0 Å². The number of carboxylic acid groups (broad SMARTS) is 3. The second-order valence-electron chi connectivity index (χ2n) is 18.7. The van der Waals surface area contributed by atoms with Crippen molar-refractivity contribution < 1.29 is 94.9 Å². The molecule has 6 nitrogen and oxygen atoms in total. The molecule has 0 aliphatic heterocycles. The number of aromatic carboxylic acids is 3. The number of hydrogen-bond donors (Lipinski definition) is 0. The van der Waals surface area contributed by atoms with Crippen LogP contribution in [0, 0.1) is 19.3 Å². The molecular formula is C60H66O6Ti3. The molecule has 3 aromatic carbocycles. The molecule has 9 aliphatic carbocycles. The number of fused-ring (bicyclic) bond motifs is 3. The Labute approximate surface area is 457 Å². The van der Waals surface area contributed by atoms with Crippen molar-refractivity contribution in [3.05, 3.63) is 194 Å². The molecule has 0 heterocycles. The van der Waals surface area contributed by atoms with E-state index in [1.54, 1.807) is 121 Å². The van der Waals surface area contributed by atoms with Crippen molar-refractivity contribution in [1.82, 2.24) is 0 Å². The molecule has 0 saturated heterocycles. The first-order chi connectivity index (χ1) is 32.3. The van der Waals surface area contributed by atoms with Gasteiger partial charge in [-0.1, -0.05) is 166 Å². The van der Waals surface area contributed by atoms with Crippen molar-refractivity contribution in [3.8, 4) is 0 Å². The fraction of sp³-hybridized carbons (Fsp3) is 0.400. The van der Waals surface area contributed by atoms with Crippen molar-refractivity contribution in [3.63, 3.8) is 0 Å². The van der Waals surface area contributed by atoms with Crippen LogP contribution in [0.1, 0.15) is 185 Å². The molecule has 0 unspecified atom stereocenters. The number of carbonyl (C=O) groups excluding carboxylic acids is 3. The predicted molar refractivity (Wildman–Crippen MR) is 258 cm³/mol. The molecular weight excluding hydrogens is 960 g/mol. The SMILES string of the molecule is O=C([O-])c1ccccc1.O=C([O-])c1ccccc1.O=C([O-])c1ccccc1.[CH-]1CCCC2=C1CC1=C2CCCC1.[CH-]1CCCC2=C1CC1=C2CCCC1.[CH-]1CCCC2=C1CC1=C2CCCC1.[Ti+2].[Ti+2].[Ti+2]. The van der Waals surface area contributed by atoms with Crippen LogP contribution in [-0.4, -0.2) is 17.9 Å². The Hall–Kier alpha value is -3.74. The average Bonchev–Trinajstić information content (AvgIpc) is 4.07. The van der Waals surface area contributed by atoms with Crippen molar-refractivity contribution in [1.29, 1.82) is 0 Å². The van der Waals surface area contributed by atoms with E-state index in [9.17, 15) is 29.7 Å². The largest absolute Gasteiger partial charge is 2.00 e. The van der Waals surface area contributed by atoms with Gasteiger partial charge in [0.1, 0.15) is 0 Å². The predicted octanol–water partition coefficient (Wildman–Crippen LogP) is 12.0. The maximum absolute atomic E-state index is 10.1. The number of carbonyl (C=O) groups is 3. The zero-order valence-electron chi connectivity index (χ0n) is 40.3. The van der Waals surface area contributed by atoms with Gasteiger partial charge in [0.15, 0.2) is 0 Å². The first kappa shape index (κ1) is 57.8. The summed E-state index contributed by atoms with van der Waals surface area (Å²) >= 11 is 0. The Morgan fingerprint density at radius 1 is 0.319 bits per heavy atom. The molecule has 0 saturated carbocycles. The van der Waals surface area contributed by atoms with Gasteiger partial charge in [0.25, 0.3) is 0 Å². The second kappa shape index (κ2) is 30.2. The summed E-state index contributed by atoms with van der Waals surface area (Å²) in [6, 6.07) is 24.2. The van der Waals surface area contributed by atoms with Crippen molar-refractivity contribution in [2.45, 2.75) is 154 Å². The molecule has 0 fully saturated rings. The van der Waals surface area contributed by atoms with Crippen molar-refractivity contribution in [2.24, 2.45) is 0 Å². The van der Waals surface area contributed by atoms with E-state index < -0.39 is 17.9 Å². The number of benzene rings is 3. The average molecular weight is 1030 g/mol. The van der Waals surface area contributed by atoms with Crippen LogP contribution in [-0.2, 0) is 65.2 Å². The Kier molecular flexibility index (Phi) is 25.3. The van der Waals surface area contributed by atoms with Crippen LogP contribution in [0.5, 0.6) is 0 Å². The van der Waals surface area contributed by atoms with Crippen LogP contribution in [0.4, 0.5) is 0 Å². The van der Waals surface area contributed by atoms with E-state index in [0.717, 1.165) is 0 Å². The van der Waals surface area contributed by atoms with Crippen LogP contribution < -0.4 is 15.3 Å². The molecule has 0 bridgehead atoms. The Bertz CT molecular complexity index is 2020. The molecule has 0 atom stereocenters. The van der Waals surface area contributed by atoms with Gasteiger partial charge >= 0.3 is 65.2 Å².